The number of aromatic nitrogens is 3. The number of ether oxygens (including phenoxy) is 2. The second-order valence-electron chi connectivity index (χ2n) is 11.1. The number of carbonyl (C=O) groups excluding carboxylic acids is 1. The van der Waals surface area contributed by atoms with Crippen LogP contribution in [0.4, 0.5) is 23.9 Å². The van der Waals surface area contributed by atoms with Crippen molar-refractivity contribution in [3.05, 3.63) is 89.7 Å². The second-order valence-corrected chi connectivity index (χ2v) is 11.1. The summed E-state index contributed by atoms with van der Waals surface area (Å²) >= 11 is 0. The Hall–Kier alpha value is -5.71. The summed E-state index contributed by atoms with van der Waals surface area (Å²) in [5, 5.41) is 20.9. The molecule has 4 aromatic rings. The van der Waals surface area contributed by atoms with Gasteiger partial charge in [-0.05, 0) is 44.0 Å². The molecule has 2 atom stereocenters. The van der Waals surface area contributed by atoms with Crippen molar-refractivity contribution in [2.75, 3.05) is 5.73 Å². The van der Waals surface area contributed by atoms with E-state index in [1.54, 1.807) is 51.1 Å². The van der Waals surface area contributed by atoms with E-state index < -0.39 is 41.9 Å². The molecular weight excluding hydrogens is 605 g/mol. The Morgan fingerprint density at radius 2 is 1.70 bits per heavy atom. The molecule has 1 amide bonds. The molecule has 4 rings (SSSR count). The molecule has 0 aliphatic heterocycles. The average molecular weight is 635 g/mol. The summed E-state index contributed by atoms with van der Waals surface area (Å²) in [7, 11) is 0. The monoisotopic (exact) mass is 634 g/mol. The topological polar surface area (TPSA) is 173 Å². The van der Waals surface area contributed by atoms with Crippen LogP contribution in [0, 0.1) is 11.3 Å². The number of nitrogens with one attached hydrogen (secondary N) is 1. The molecule has 2 aromatic heterocycles. The summed E-state index contributed by atoms with van der Waals surface area (Å²) in [6.45, 7) is 4.94. The number of alkyl halides is 3. The Kier molecular flexibility index (Phi) is 9.75. The molecular formula is C32H29F3N6O5. The van der Waals surface area contributed by atoms with Crippen LogP contribution >= 0.6 is 0 Å². The van der Waals surface area contributed by atoms with E-state index in [0.29, 0.717) is 16.7 Å². The van der Waals surface area contributed by atoms with Crippen LogP contribution < -0.4 is 15.8 Å². The first-order valence-electron chi connectivity index (χ1n) is 13.8. The third kappa shape index (κ3) is 8.69. The third-order valence-corrected chi connectivity index (χ3v) is 6.37. The molecule has 0 saturated carbocycles. The number of carbonyl (C=O) groups is 2. The van der Waals surface area contributed by atoms with E-state index in [0.717, 1.165) is 0 Å². The predicted molar refractivity (Wildman–Crippen MR) is 160 cm³/mol. The predicted octanol–water partition coefficient (Wildman–Crippen LogP) is 5.86. The first kappa shape index (κ1) is 33.2. The number of benzene rings is 2. The van der Waals surface area contributed by atoms with Crippen LogP contribution in [0.25, 0.3) is 22.4 Å². The largest absolute Gasteiger partial charge is 0.480 e. The molecule has 2 unspecified atom stereocenters. The highest BCUT2D eigenvalue weighted by atomic mass is 19.4. The minimum Gasteiger partial charge on any atom is -0.480 e. The van der Waals surface area contributed by atoms with Crippen LogP contribution in [0.2, 0.25) is 0 Å². The van der Waals surface area contributed by atoms with Gasteiger partial charge in [-0.15, -0.1) is 0 Å². The van der Waals surface area contributed by atoms with Crippen LogP contribution in [0.15, 0.2) is 72.9 Å². The number of carboxylic acid groups (broad SMARTS) is 1. The summed E-state index contributed by atoms with van der Waals surface area (Å²) in [4.78, 5) is 35.8. The van der Waals surface area contributed by atoms with Crippen molar-refractivity contribution in [3.63, 3.8) is 0 Å². The molecule has 0 spiro atoms. The lowest BCUT2D eigenvalue weighted by atomic mass is 9.96. The Morgan fingerprint density at radius 3 is 2.28 bits per heavy atom. The Morgan fingerprint density at radius 1 is 1.02 bits per heavy atom. The molecule has 11 nitrogen and oxygen atoms in total. The fourth-order valence-corrected chi connectivity index (χ4v) is 4.38. The van der Waals surface area contributed by atoms with Crippen molar-refractivity contribution in [3.8, 4) is 34.3 Å². The van der Waals surface area contributed by atoms with E-state index in [1.165, 1.54) is 42.6 Å². The van der Waals surface area contributed by atoms with Crippen molar-refractivity contribution >= 4 is 18.0 Å². The number of hydrogen-bond donors (Lipinski definition) is 3. The zero-order valence-corrected chi connectivity index (χ0v) is 24.9. The van der Waals surface area contributed by atoms with Gasteiger partial charge < -0.3 is 25.6 Å². The molecule has 0 saturated heterocycles. The van der Waals surface area contributed by atoms with E-state index in [-0.39, 0.29) is 34.9 Å². The van der Waals surface area contributed by atoms with Gasteiger partial charge in [-0.2, -0.15) is 23.4 Å². The van der Waals surface area contributed by atoms with Crippen molar-refractivity contribution in [1.29, 1.82) is 5.26 Å². The van der Waals surface area contributed by atoms with Gasteiger partial charge in [0, 0.05) is 35.4 Å². The van der Waals surface area contributed by atoms with Crippen molar-refractivity contribution in [1.82, 2.24) is 20.3 Å². The van der Waals surface area contributed by atoms with Crippen molar-refractivity contribution in [2.24, 2.45) is 0 Å². The van der Waals surface area contributed by atoms with Crippen LogP contribution in [0.1, 0.15) is 43.7 Å². The van der Waals surface area contributed by atoms with Crippen molar-refractivity contribution < 1.29 is 37.3 Å². The van der Waals surface area contributed by atoms with E-state index in [1.807, 2.05) is 6.07 Å². The highest BCUT2D eigenvalue weighted by molar-refractivity contribution is 5.80. The quantitative estimate of drug-likeness (QED) is 0.202. The average Bonchev–Trinajstić information content (AvgIpc) is 2.98. The molecule has 2 heterocycles. The lowest BCUT2D eigenvalue weighted by molar-refractivity contribution is -0.198. The lowest BCUT2D eigenvalue weighted by Gasteiger charge is -2.24. The molecule has 46 heavy (non-hydrogen) atoms. The molecule has 0 radical (unpaired) electrons. The number of pyridine rings is 1. The van der Waals surface area contributed by atoms with Crippen LogP contribution in [-0.4, -0.2) is 49.9 Å². The van der Waals surface area contributed by atoms with E-state index in [2.05, 4.69) is 20.3 Å². The molecule has 14 heteroatoms. The van der Waals surface area contributed by atoms with Crippen LogP contribution in [0.5, 0.6) is 5.88 Å². The molecule has 2 aromatic carbocycles. The minimum absolute atomic E-state index is 0.0729. The number of nitriles is 1. The maximum atomic E-state index is 14.5. The molecule has 0 aliphatic carbocycles. The van der Waals surface area contributed by atoms with Crippen molar-refractivity contribution in [2.45, 2.75) is 51.1 Å². The fourth-order valence-electron chi connectivity index (χ4n) is 4.38. The van der Waals surface area contributed by atoms with E-state index >= 15 is 0 Å². The summed E-state index contributed by atoms with van der Waals surface area (Å²) in [5.74, 6) is -2.04. The first-order valence-corrected chi connectivity index (χ1v) is 13.8. The summed E-state index contributed by atoms with van der Waals surface area (Å²) in [6.07, 6.45) is -6.97. The number of anilines is 1. The number of alkyl carbamates (subject to hydrolysis) is 1. The van der Waals surface area contributed by atoms with E-state index in [9.17, 15) is 27.9 Å². The smallest absolute Gasteiger partial charge is 0.429 e. The second kappa shape index (κ2) is 13.5. The number of nitrogen functional groups attached to an aromatic ring is 1. The van der Waals surface area contributed by atoms with E-state index in [4.69, 9.17) is 20.5 Å². The minimum atomic E-state index is -4.87. The molecule has 0 aliphatic rings. The van der Waals surface area contributed by atoms with Gasteiger partial charge in [0.05, 0.1) is 5.69 Å². The number of aliphatic carboxylic acids is 1. The van der Waals surface area contributed by atoms with Crippen LogP contribution in [-0.2, 0) is 16.0 Å². The number of nitrogens with two attached hydrogens (primary N) is 1. The number of nitrogens with zero attached hydrogens (tertiary/aromatic N) is 4. The van der Waals surface area contributed by atoms with Gasteiger partial charge in [-0.25, -0.2) is 19.6 Å². The Balaban J connectivity index is 1.59. The van der Waals surface area contributed by atoms with Crippen LogP contribution in [0.3, 0.4) is 0 Å². The number of hydrogen-bond acceptors (Lipinski definition) is 9. The van der Waals surface area contributed by atoms with Gasteiger partial charge in [-0.3, -0.25) is 0 Å². The maximum Gasteiger partial charge on any atom is 0.429 e. The number of halogens is 3. The molecule has 0 bridgehead atoms. The van der Waals surface area contributed by atoms with Gasteiger partial charge in [0.25, 0.3) is 0 Å². The molecule has 4 N–H and O–H groups in total. The number of rotatable bonds is 9. The highest BCUT2D eigenvalue weighted by Crippen LogP contribution is 2.41. The maximum absolute atomic E-state index is 14.5. The zero-order valence-electron chi connectivity index (χ0n) is 24.9. The Labute approximate surface area is 261 Å². The number of amides is 1. The molecule has 0 fully saturated rings. The summed E-state index contributed by atoms with van der Waals surface area (Å²) in [5.41, 5.74) is 6.61. The standard InChI is InChI=1S/C32H29F3N6O5/c1-31(2,3)46-30(44)40-25(28(42)43)14-18-8-10-19(11-9-18)24-15-26(41-29(37)39-24)45-27(32(33,34)35)23-7-5-4-6-22(23)20-12-13-21(16-36)38-17-20/h4-13,15,17,25,27H,14H2,1-3H3,(H,40,44)(H,42,43)(H2,37,39,41). The van der Waals surface area contributed by atoms with Gasteiger partial charge in [-0.1, -0.05) is 48.5 Å². The highest BCUT2D eigenvalue weighted by Gasteiger charge is 2.44. The summed E-state index contributed by atoms with van der Waals surface area (Å²) < 4.78 is 54.0. The first-order chi connectivity index (χ1) is 21.6. The molecule has 238 valence electrons. The van der Waals surface area contributed by atoms with Gasteiger partial charge >= 0.3 is 18.2 Å². The normalized spacial score (nSPS) is 12.8. The van der Waals surface area contributed by atoms with Gasteiger partial charge in [0.1, 0.15) is 23.4 Å². The fraction of sp³-hybridized carbons (Fsp3) is 0.250. The third-order valence-electron chi connectivity index (χ3n) is 6.37. The SMILES string of the molecule is CC(C)(C)OC(=O)NC(Cc1ccc(-c2cc(OC(c3ccccc3-c3ccc(C#N)nc3)C(F)(F)F)nc(N)n2)cc1)C(=O)O. The lowest BCUT2D eigenvalue weighted by Crippen LogP contribution is -2.44. The summed E-state index contributed by atoms with van der Waals surface area (Å²) in [6, 6.07) is 16.8. The number of carboxylic acids is 1. The Bertz CT molecular complexity index is 1750. The van der Waals surface area contributed by atoms with Gasteiger partial charge in [0.2, 0.25) is 17.9 Å². The van der Waals surface area contributed by atoms with Gasteiger partial charge in [0.15, 0.2) is 0 Å². The zero-order chi connectivity index (χ0) is 33.6.